The maximum absolute atomic E-state index is 12.2. The molecule has 0 aromatic carbocycles. The van der Waals surface area contributed by atoms with Crippen LogP contribution in [0.3, 0.4) is 0 Å². The third-order valence-corrected chi connectivity index (χ3v) is 4.40. The van der Waals surface area contributed by atoms with Crippen molar-refractivity contribution in [3.05, 3.63) is 0 Å². The standard InChI is InChI=1S/C14H23N3O5/c1-3-7(2)11(15)14(21)22-6-9-13(20)17-5-8(18)4-10(17)12(19)16-9/h7-11,18H,3-6,15H2,1-2H3,(H,16,19)/t7?,8-,9+,10+,11+/m1/s1. The largest absolute Gasteiger partial charge is 0.462 e. The number of carbonyl (C=O) groups is 3. The molecule has 0 bridgehead atoms. The molecule has 8 heteroatoms. The number of rotatable bonds is 5. The first-order chi connectivity index (χ1) is 10.3. The molecule has 22 heavy (non-hydrogen) atoms. The molecule has 2 heterocycles. The second-order valence-corrected chi connectivity index (χ2v) is 6.00. The molecule has 2 rings (SSSR count). The molecule has 8 nitrogen and oxygen atoms in total. The van der Waals surface area contributed by atoms with E-state index in [-0.39, 0.29) is 37.3 Å². The van der Waals surface area contributed by atoms with Gasteiger partial charge in [0.05, 0.1) is 6.10 Å². The molecule has 4 N–H and O–H groups in total. The summed E-state index contributed by atoms with van der Waals surface area (Å²) in [4.78, 5) is 37.4. The second-order valence-electron chi connectivity index (χ2n) is 6.00. The highest BCUT2D eigenvalue weighted by Gasteiger charge is 2.46. The number of nitrogens with one attached hydrogen (secondary N) is 1. The summed E-state index contributed by atoms with van der Waals surface area (Å²) in [6.07, 6.45) is 0.283. The molecule has 1 unspecified atom stereocenters. The Morgan fingerprint density at radius 2 is 2.23 bits per heavy atom. The van der Waals surface area contributed by atoms with Gasteiger partial charge in [0, 0.05) is 13.0 Å². The summed E-state index contributed by atoms with van der Waals surface area (Å²) in [6.45, 7) is 3.65. The number of ether oxygens (including phenoxy) is 1. The topological polar surface area (TPSA) is 122 Å². The van der Waals surface area contributed by atoms with E-state index >= 15 is 0 Å². The predicted molar refractivity (Wildman–Crippen MR) is 76.4 cm³/mol. The Bertz CT molecular complexity index is 469. The molecule has 124 valence electrons. The summed E-state index contributed by atoms with van der Waals surface area (Å²) in [5.41, 5.74) is 5.76. The first-order valence-electron chi connectivity index (χ1n) is 7.56. The van der Waals surface area contributed by atoms with E-state index in [9.17, 15) is 19.5 Å². The van der Waals surface area contributed by atoms with Crippen LogP contribution in [0.15, 0.2) is 0 Å². The molecule has 0 saturated carbocycles. The Morgan fingerprint density at radius 1 is 1.55 bits per heavy atom. The molecule has 0 aliphatic carbocycles. The van der Waals surface area contributed by atoms with Crippen LogP contribution >= 0.6 is 0 Å². The minimum atomic E-state index is -0.915. The molecule has 0 spiro atoms. The highest BCUT2D eigenvalue weighted by molar-refractivity contribution is 5.97. The van der Waals surface area contributed by atoms with Gasteiger partial charge in [-0.2, -0.15) is 0 Å². The molecular formula is C14H23N3O5. The number of fused-ring (bicyclic) bond motifs is 1. The van der Waals surface area contributed by atoms with Crippen LogP contribution in [0.1, 0.15) is 26.7 Å². The number of nitrogens with two attached hydrogens (primary N) is 1. The zero-order valence-electron chi connectivity index (χ0n) is 12.8. The fraction of sp³-hybridized carbons (Fsp3) is 0.786. The Labute approximate surface area is 129 Å². The van der Waals surface area contributed by atoms with Crippen LogP contribution in [0.2, 0.25) is 0 Å². The minimum Gasteiger partial charge on any atom is -0.462 e. The van der Waals surface area contributed by atoms with Crippen molar-refractivity contribution in [3.63, 3.8) is 0 Å². The average Bonchev–Trinajstić information content (AvgIpc) is 2.90. The Balaban J connectivity index is 1.92. The molecule has 5 atom stereocenters. The molecule has 2 aliphatic rings. The van der Waals surface area contributed by atoms with Gasteiger partial charge < -0.3 is 25.8 Å². The van der Waals surface area contributed by atoms with Crippen LogP contribution in [-0.4, -0.2) is 65.2 Å². The third-order valence-electron chi connectivity index (χ3n) is 4.40. The van der Waals surface area contributed by atoms with E-state index in [1.54, 1.807) is 0 Å². The van der Waals surface area contributed by atoms with E-state index in [0.717, 1.165) is 6.42 Å². The van der Waals surface area contributed by atoms with Crippen molar-refractivity contribution in [1.29, 1.82) is 0 Å². The molecule has 0 aromatic rings. The monoisotopic (exact) mass is 313 g/mol. The fourth-order valence-corrected chi connectivity index (χ4v) is 2.70. The van der Waals surface area contributed by atoms with Crippen molar-refractivity contribution in [3.8, 4) is 0 Å². The highest BCUT2D eigenvalue weighted by Crippen LogP contribution is 2.22. The lowest BCUT2D eigenvalue weighted by atomic mass is 10.0. The van der Waals surface area contributed by atoms with Gasteiger partial charge in [-0.3, -0.25) is 14.4 Å². The van der Waals surface area contributed by atoms with Gasteiger partial charge in [0.25, 0.3) is 0 Å². The summed E-state index contributed by atoms with van der Waals surface area (Å²) in [5.74, 6) is -1.28. The summed E-state index contributed by atoms with van der Waals surface area (Å²) >= 11 is 0. The van der Waals surface area contributed by atoms with E-state index in [2.05, 4.69) is 5.32 Å². The van der Waals surface area contributed by atoms with Gasteiger partial charge in [0.2, 0.25) is 11.8 Å². The SMILES string of the molecule is CCC(C)[C@H](N)C(=O)OC[C@@H]1NC(=O)[C@@H]2C[C@@H](O)CN2C1=O. The van der Waals surface area contributed by atoms with E-state index in [0.29, 0.717) is 0 Å². The van der Waals surface area contributed by atoms with Gasteiger partial charge >= 0.3 is 5.97 Å². The van der Waals surface area contributed by atoms with Crippen molar-refractivity contribution in [2.75, 3.05) is 13.2 Å². The van der Waals surface area contributed by atoms with Gasteiger partial charge in [-0.15, -0.1) is 0 Å². The van der Waals surface area contributed by atoms with E-state index in [1.807, 2.05) is 13.8 Å². The Hall–Kier alpha value is -1.67. The smallest absolute Gasteiger partial charge is 0.323 e. The van der Waals surface area contributed by atoms with Crippen molar-refractivity contribution < 1.29 is 24.2 Å². The lowest BCUT2D eigenvalue weighted by Gasteiger charge is -2.34. The summed E-state index contributed by atoms with van der Waals surface area (Å²) < 4.78 is 5.07. The van der Waals surface area contributed by atoms with Gasteiger partial charge in [0.15, 0.2) is 0 Å². The minimum absolute atomic E-state index is 0.0257. The normalized spacial score (nSPS) is 30.5. The first kappa shape index (κ1) is 16.7. The summed E-state index contributed by atoms with van der Waals surface area (Å²) in [5, 5.41) is 12.1. The van der Waals surface area contributed by atoms with Crippen LogP contribution in [0, 0.1) is 5.92 Å². The van der Waals surface area contributed by atoms with Crippen LogP contribution in [-0.2, 0) is 19.1 Å². The van der Waals surface area contributed by atoms with E-state index in [1.165, 1.54) is 4.90 Å². The number of aliphatic hydroxyl groups excluding tert-OH is 1. The highest BCUT2D eigenvalue weighted by atomic mass is 16.5. The number of aliphatic hydroxyl groups is 1. The molecule has 2 saturated heterocycles. The van der Waals surface area contributed by atoms with Crippen LogP contribution in [0.4, 0.5) is 0 Å². The van der Waals surface area contributed by atoms with E-state index < -0.39 is 30.2 Å². The van der Waals surface area contributed by atoms with Gasteiger partial charge in [0.1, 0.15) is 24.7 Å². The number of nitrogens with zero attached hydrogens (tertiary/aromatic N) is 1. The predicted octanol–water partition coefficient (Wildman–Crippen LogP) is -1.64. The summed E-state index contributed by atoms with van der Waals surface area (Å²) in [7, 11) is 0. The van der Waals surface area contributed by atoms with Gasteiger partial charge in [-0.1, -0.05) is 20.3 Å². The van der Waals surface area contributed by atoms with Gasteiger partial charge in [-0.05, 0) is 5.92 Å². The number of amides is 2. The number of carbonyl (C=O) groups excluding carboxylic acids is 3. The number of hydrogen-bond acceptors (Lipinski definition) is 6. The lowest BCUT2D eigenvalue weighted by molar-refractivity contribution is -0.154. The van der Waals surface area contributed by atoms with Crippen LogP contribution < -0.4 is 11.1 Å². The average molecular weight is 313 g/mol. The van der Waals surface area contributed by atoms with E-state index in [4.69, 9.17) is 10.5 Å². The quantitative estimate of drug-likeness (QED) is 0.524. The maximum atomic E-state index is 12.2. The lowest BCUT2D eigenvalue weighted by Crippen LogP contribution is -2.62. The summed E-state index contributed by atoms with van der Waals surface area (Å²) in [6, 6.07) is -2.29. The molecular weight excluding hydrogens is 290 g/mol. The van der Waals surface area contributed by atoms with Gasteiger partial charge in [-0.25, -0.2) is 0 Å². The Morgan fingerprint density at radius 3 is 2.86 bits per heavy atom. The van der Waals surface area contributed by atoms with Crippen molar-refractivity contribution in [2.24, 2.45) is 11.7 Å². The fourth-order valence-electron chi connectivity index (χ4n) is 2.70. The van der Waals surface area contributed by atoms with Crippen molar-refractivity contribution in [1.82, 2.24) is 10.2 Å². The number of piperazine rings is 1. The molecule has 2 amide bonds. The maximum Gasteiger partial charge on any atom is 0.323 e. The second kappa shape index (κ2) is 6.62. The van der Waals surface area contributed by atoms with Crippen LogP contribution in [0.5, 0.6) is 0 Å². The van der Waals surface area contributed by atoms with Crippen molar-refractivity contribution in [2.45, 2.75) is 50.9 Å². The van der Waals surface area contributed by atoms with Crippen molar-refractivity contribution >= 4 is 17.8 Å². The van der Waals surface area contributed by atoms with Crippen LogP contribution in [0.25, 0.3) is 0 Å². The first-order valence-corrected chi connectivity index (χ1v) is 7.56. The number of esters is 1. The molecule has 2 fully saturated rings. The number of hydrogen-bond donors (Lipinski definition) is 3. The third kappa shape index (κ3) is 3.22. The molecule has 0 radical (unpaired) electrons. The molecule has 0 aromatic heterocycles. The zero-order valence-corrected chi connectivity index (χ0v) is 12.8. The molecule has 2 aliphatic heterocycles. The Kier molecular flexibility index (Phi) is 5.02. The zero-order chi connectivity index (χ0) is 16.4.